The third-order valence-electron chi connectivity index (χ3n) is 5.11. The van der Waals surface area contributed by atoms with Gasteiger partial charge in [-0.15, -0.1) is 15.3 Å². The summed E-state index contributed by atoms with van der Waals surface area (Å²) in [5, 5.41) is 22.2. The molecule has 0 bridgehead atoms. The van der Waals surface area contributed by atoms with Crippen molar-refractivity contribution in [2.24, 2.45) is 0 Å². The molecule has 3 heterocycles. The Kier molecular flexibility index (Phi) is 4.75. The molecule has 0 spiro atoms. The first-order chi connectivity index (χ1) is 15.2. The third kappa shape index (κ3) is 3.68. The van der Waals surface area contributed by atoms with Crippen LogP contribution in [0, 0.1) is 0 Å². The molecule has 0 aliphatic rings. The first-order valence-electron chi connectivity index (χ1n) is 10.0. The molecule has 31 heavy (non-hydrogen) atoms. The summed E-state index contributed by atoms with van der Waals surface area (Å²) < 4.78 is 1.74. The lowest BCUT2D eigenvalue weighted by molar-refractivity contribution is 0.881. The van der Waals surface area contributed by atoms with E-state index >= 15 is 0 Å². The summed E-state index contributed by atoms with van der Waals surface area (Å²) in [5.74, 6) is 1.90. The Balaban J connectivity index is 1.39. The molecule has 5 aromatic rings. The van der Waals surface area contributed by atoms with E-state index in [9.17, 15) is 0 Å². The van der Waals surface area contributed by atoms with Crippen LogP contribution < -0.4 is 11.1 Å². The van der Waals surface area contributed by atoms with E-state index in [2.05, 4.69) is 73.3 Å². The van der Waals surface area contributed by atoms with Crippen LogP contribution >= 0.6 is 0 Å². The Morgan fingerprint density at radius 3 is 2.58 bits per heavy atom. The minimum atomic E-state index is 0.452. The van der Waals surface area contributed by atoms with Crippen LogP contribution in [0.15, 0.2) is 60.7 Å². The van der Waals surface area contributed by atoms with Crippen molar-refractivity contribution >= 4 is 17.3 Å². The van der Waals surface area contributed by atoms with Gasteiger partial charge in [-0.3, -0.25) is 0 Å². The minimum Gasteiger partial charge on any atom is -0.382 e. The number of tetrazole rings is 1. The van der Waals surface area contributed by atoms with Gasteiger partial charge in [0.2, 0.25) is 5.82 Å². The number of hydrogen-bond acceptors (Lipinski definition) is 7. The van der Waals surface area contributed by atoms with Crippen molar-refractivity contribution in [1.82, 2.24) is 35.2 Å². The molecule has 0 amide bonds. The molecule has 0 saturated heterocycles. The maximum absolute atomic E-state index is 5.86. The van der Waals surface area contributed by atoms with Crippen molar-refractivity contribution in [2.45, 2.75) is 19.9 Å². The smallest absolute Gasteiger partial charge is 0.205 e. The van der Waals surface area contributed by atoms with E-state index in [0.717, 1.165) is 45.8 Å². The number of aromatic amines is 1. The molecule has 0 radical (unpaired) electrons. The Bertz CT molecular complexity index is 1320. The highest BCUT2D eigenvalue weighted by Gasteiger charge is 2.11. The molecular formula is C22H21N9. The van der Waals surface area contributed by atoms with E-state index in [1.54, 1.807) is 10.6 Å². The largest absolute Gasteiger partial charge is 0.382 e. The number of H-pyrrole nitrogens is 1. The normalized spacial score (nSPS) is 11.1. The van der Waals surface area contributed by atoms with Gasteiger partial charge in [-0.1, -0.05) is 55.5 Å². The number of benzene rings is 2. The summed E-state index contributed by atoms with van der Waals surface area (Å²) in [5.41, 5.74) is 11.8. The van der Waals surface area contributed by atoms with Gasteiger partial charge >= 0.3 is 0 Å². The van der Waals surface area contributed by atoms with Gasteiger partial charge in [0.05, 0.1) is 0 Å². The van der Waals surface area contributed by atoms with Crippen molar-refractivity contribution < 1.29 is 0 Å². The van der Waals surface area contributed by atoms with Crippen molar-refractivity contribution in [1.29, 1.82) is 0 Å². The molecule has 0 unspecified atom stereocenters. The molecule has 2 aromatic carbocycles. The highest BCUT2D eigenvalue weighted by molar-refractivity contribution is 5.80. The van der Waals surface area contributed by atoms with Crippen LogP contribution in [0.1, 0.15) is 18.2 Å². The highest BCUT2D eigenvalue weighted by Crippen LogP contribution is 2.29. The Morgan fingerprint density at radius 2 is 1.84 bits per heavy atom. The summed E-state index contributed by atoms with van der Waals surface area (Å²) in [4.78, 5) is 4.57. The zero-order valence-corrected chi connectivity index (χ0v) is 16.9. The summed E-state index contributed by atoms with van der Waals surface area (Å²) in [6.45, 7) is 2.72. The quantitative estimate of drug-likeness (QED) is 0.392. The number of nitrogens with zero attached hydrogens (tertiary/aromatic N) is 6. The minimum absolute atomic E-state index is 0.452. The zero-order chi connectivity index (χ0) is 21.2. The highest BCUT2D eigenvalue weighted by atomic mass is 15.5. The standard InChI is InChI=1S/C22H21N9/c1-2-16-11-20(31-21(25-16)12-19(23)28-31)24-13-14-7-9-15(10-8-14)17-5-3-4-6-18(17)22-26-29-30-27-22/h3-12,24H,2,13H2,1H3,(H2,23,28)(H,26,27,29,30). The lowest BCUT2D eigenvalue weighted by atomic mass is 9.98. The fourth-order valence-corrected chi connectivity index (χ4v) is 3.55. The fraction of sp³-hybridized carbons (Fsp3) is 0.136. The van der Waals surface area contributed by atoms with E-state index < -0.39 is 0 Å². The van der Waals surface area contributed by atoms with Crippen LogP contribution in [0.4, 0.5) is 11.6 Å². The van der Waals surface area contributed by atoms with Gasteiger partial charge in [0.25, 0.3) is 0 Å². The van der Waals surface area contributed by atoms with Gasteiger partial charge in [-0.25, -0.2) is 4.98 Å². The van der Waals surface area contributed by atoms with Crippen LogP contribution in [0.3, 0.4) is 0 Å². The first kappa shape index (κ1) is 18.7. The molecule has 154 valence electrons. The summed E-state index contributed by atoms with van der Waals surface area (Å²) in [6.07, 6.45) is 0.838. The van der Waals surface area contributed by atoms with Gasteiger partial charge in [-0.05, 0) is 28.3 Å². The summed E-state index contributed by atoms with van der Waals surface area (Å²) >= 11 is 0. The number of aromatic nitrogens is 7. The van der Waals surface area contributed by atoms with Crippen LogP contribution in [-0.2, 0) is 13.0 Å². The molecule has 0 aliphatic heterocycles. The molecule has 4 N–H and O–H groups in total. The number of fused-ring (bicyclic) bond motifs is 1. The predicted octanol–water partition coefficient (Wildman–Crippen LogP) is 3.33. The third-order valence-corrected chi connectivity index (χ3v) is 5.11. The molecular weight excluding hydrogens is 390 g/mol. The number of nitrogens with two attached hydrogens (primary N) is 1. The molecule has 5 rings (SSSR count). The first-order valence-corrected chi connectivity index (χ1v) is 10.0. The van der Waals surface area contributed by atoms with Crippen LogP contribution in [0.5, 0.6) is 0 Å². The van der Waals surface area contributed by atoms with Crippen molar-refractivity contribution in [3.8, 4) is 22.5 Å². The molecule has 9 heteroatoms. The van der Waals surface area contributed by atoms with Gasteiger partial charge in [0.1, 0.15) is 11.6 Å². The summed E-state index contributed by atoms with van der Waals surface area (Å²) in [6, 6.07) is 20.2. The maximum Gasteiger partial charge on any atom is 0.205 e. The SMILES string of the molecule is CCc1cc(NCc2ccc(-c3ccccc3-c3nn[nH]n3)cc2)n2nc(N)cc2n1. The molecule has 0 fully saturated rings. The Morgan fingerprint density at radius 1 is 1.03 bits per heavy atom. The van der Waals surface area contributed by atoms with E-state index in [4.69, 9.17) is 5.73 Å². The second kappa shape index (κ2) is 7.86. The second-order valence-electron chi connectivity index (χ2n) is 7.16. The van der Waals surface area contributed by atoms with Crippen molar-refractivity contribution in [2.75, 3.05) is 11.1 Å². The number of aryl methyl sites for hydroxylation is 1. The monoisotopic (exact) mass is 411 g/mol. The van der Waals surface area contributed by atoms with Gasteiger partial charge < -0.3 is 11.1 Å². The van der Waals surface area contributed by atoms with Gasteiger partial charge in [-0.2, -0.15) is 9.73 Å². The molecule has 3 aromatic heterocycles. The lowest BCUT2D eigenvalue weighted by Gasteiger charge is -2.11. The van der Waals surface area contributed by atoms with Gasteiger partial charge in [0.15, 0.2) is 5.65 Å². The van der Waals surface area contributed by atoms with Crippen molar-refractivity contribution in [3.63, 3.8) is 0 Å². The van der Waals surface area contributed by atoms with Crippen LogP contribution in [0.25, 0.3) is 28.2 Å². The van der Waals surface area contributed by atoms with E-state index in [1.807, 2.05) is 24.3 Å². The molecule has 0 aliphatic carbocycles. The predicted molar refractivity (Wildman–Crippen MR) is 119 cm³/mol. The number of rotatable bonds is 6. The zero-order valence-electron chi connectivity index (χ0n) is 16.9. The molecule has 9 nitrogen and oxygen atoms in total. The van der Waals surface area contributed by atoms with E-state index in [0.29, 0.717) is 18.2 Å². The summed E-state index contributed by atoms with van der Waals surface area (Å²) in [7, 11) is 0. The number of nitrogen functional groups attached to an aromatic ring is 1. The Hall–Kier alpha value is -4.27. The van der Waals surface area contributed by atoms with Crippen LogP contribution in [-0.4, -0.2) is 35.2 Å². The number of hydrogen-bond donors (Lipinski definition) is 3. The lowest BCUT2D eigenvalue weighted by Crippen LogP contribution is -2.07. The topological polar surface area (TPSA) is 123 Å². The van der Waals surface area contributed by atoms with E-state index in [1.165, 1.54) is 0 Å². The fourth-order valence-electron chi connectivity index (χ4n) is 3.55. The second-order valence-corrected chi connectivity index (χ2v) is 7.16. The Labute approximate surface area is 178 Å². The average molecular weight is 411 g/mol. The average Bonchev–Trinajstić information content (AvgIpc) is 3.47. The maximum atomic E-state index is 5.86. The molecule has 0 atom stereocenters. The molecule has 0 saturated carbocycles. The number of anilines is 2. The number of nitrogens with one attached hydrogen (secondary N) is 2. The van der Waals surface area contributed by atoms with E-state index in [-0.39, 0.29) is 0 Å². The van der Waals surface area contributed by atoms with Crippen LogP contribution in [0.2, 0.25) is 0 Å². The van der Waals surface area contributed by atoms with Gasteiger partial charge in [0, 0.05) is 29.9 Å². The van der Waals surface area contributed by atoms with Crippen molar-refractivity contribution in [3.05, 3.63) is 71.9 Å².